The minimum atomic E-state index is -1.55. The number of urea groups is 1. The number of imidazole rings is 1. The summed E-state index contributed by atoms with van der Waals surface area (Å²) in [7, 11) is 1.52. The fourth-order valence-corrected chi connectivity index (χ4v) is 9.56. The molecule has 2 saturated heterocycles. The molecular weight excluding hydrogens is 904 g/mol. The number of carbonyl (C=O) groups is 3. The highest BCUT2D eigenvalue weighted by Crippen LogP contribution is 2.34. The van der Waals surface area contributed by atoms with Gasteiger partial charge in [0.15, 0.2) is 17.4 Å². The number of imide groups is 1. The molecule has 1 saturated carbocycles. The Kier molecular flexibility index (Phi) is 13.3. The van der Waals surface area contributed by atoms with Gasteiger partial charge in [0.1, 0.15) is 23.8 Å². The standard InChI is InChI=1S/C51H52F3N11O5/c1-69-39-12-6-34(7-13-39)31-70-48-41(52)25-40(46(53)47(48)54)49(67)56-26-33-4-10-38(11-5-33)65-30-36-9-8-35(24-42(36)60-65)37-27-57-50(58-28-37)62-21-19-61(20-22-62)16-2-3-32-14-17-63-43(23-32)55-29-45(63)64-18-15-44(66)59-51(64)68/h6-9,12-14,17,23-25,27-30,33,38H,2-5,10-11,15-16,18-22,26,31H2,1H3,(H,56,67)(H,59,66,68). The third kappa shape index (κ3) is 9.97. The van der Waals surface area contributed by atoms with E-state index in [1.165, 1.54) is 12.7 Å². The molecular formula is C51H52F3N11O5. The Morgan fingerprint density at radius 2 is 1.63 bits per heavy atom. The molecule has 3 aliphatic rings. The van der Waals surface area contributed by atoms with Gasteiger partial charge >= 0.3 is 6.03 Å². The van der Waals surface area contributed by atoms with Crippen molar-refractivity contribution in [2.45, 2.75) is 57.6 Å². The lowest BCUT2D eigenvalue weighted by atomic mass is 9.86. The van der Waals surface area contributed by atoms with E-state index in [9.17, 15) is 23.2 Å². The molecule has 7 aromatic rings. The number of aryl methyl sites for hydroxylation is 1. The van der Waals surface area contributed by atoms with E-state index in [0.29, 0.717) is 35.7 Å². The summed E-state index contributed by atoms with van der Waals surface area (Å²) in [5.74, 6) is -4.15. The molecule has 4 aromatic heterocycles. The highest BCUT2D eigenvalue weighted by atomic mass is 19.2. The van der Waals surface area contributed by atoms with Crippen LogP contribution in [0.15, 0.2) is 91.6 Å². The van der Waals surface area contributed by atoms with Gasteiger partial charge in [-0.15, -0.1) is 0 Å². The third-order valence-corrected chi connectivity index (χ3v) is 13.6. The van der Waals surface area contributed by atoms with Gasteiger partial charge in [0.2, 0.25) is 17.7 Å². The zero-order valence-electron chi connectivity index (χ0n) is 38.6. The first-order valence-electron chi connectivity index (χ1n) is 23.6. The van der Waals surface area contributed by atoms with Crippen LogP contribution in [0.4, 0.5) is 29.7 Å². The van der Waals surface area contributed by atoms with E-state index in [4.69, 9.17) is 24.5 Å². The van der Waals surface area contributed by atoms with Crippen molar-refractivity contribution in [3.05, 3.63) is 126 Å². The molecule has 0 radical (unpaired) electrons. The highest BCUT2D eigenvalue weighted by molar-refractivity contribution is 6.05. The molecule has 0 atom stereocenters. The second-order valence-corrected chi connectivity index (χ2v) is 18.1. The predicted molar refractivity (Wildman–Crippen MR) is 255 cm³/mol. The van der Waals surface area contributed by atoms with Gasteiger partial charge in [-0.05, 0) is 104 Å². The molecule has 4 amide bonds. The van der Waals surface area contributed by atoms with Crippen LogP contribution in [0.25, 0.3) is 27.7 Å². The maximum atomic E-state index is 15.0. The summed E-state index contributed by atoms with van der Waals surface area (Å²) in [6.45, 7) is 4.83. The molecule has 19 heteroatoms. The lowest BCUT2D eigenvalue weighted by Crippen LogP contribution is -2.50. The smallest absolute Gasteiger partial charge is 0.329 e. The molecule has 6 heterocycles. The largest absolute Gasteiger partial charge is 0.497 e. The van der Waals surface area contributed by atoms with Crippen molar-refractivity contribution >= 4 is 46.2 Å². The predicted octanol–water partition coefficient (Wildman–Crippen LogP) is 7.51. The monoisotopic (exact) mass is 955 g/mol. The van der Waals surface area contributed by atoms with Crippen molar-refractivity contribution in [1.29, 1.82) is 0 Å². The van der Waals surface area contributed by atoms with Gasteiger partial charge in [0, 0.05) is 81.4 Å². The first kappa shape index (κ1) is 46.2. The van der Waals surface area contributed by atoms with Gasteiger partial charge in [0.05, 0.1) is 30.4 Å². The van der Waals surface area contributed by atoms with E-state index in [1.807, 2.05) is 27.7 Å². The number of carbonyl (C=O) groups excluding carboxylic acids is 3. The summed E-state index contributed by atoms with van der Waals surface area (Å²) < 4.78 is 59.1. The van der Waals surface area contributed by atoms with Crippen LogP contribution in [0.1, 0.15) is 66.1 Å². The Hall–Kier alpha value is -7.54. The number of anilines is 2. The van der Waals surface area contributed by atoms with Crippen LogP contribution in [0.3, 0.4) is 0 Å². The number of aromatic nitrogens is 6. The first-order chi connectivity index (χ1) is 34.1. The molecule has 3 fully saturated rings. The second kappa shape index (κ2) is 20.2. The van der Waals surface area contributed by atoms with Crippen molar-refractivity contribution in [2.24, 2.45) is 5.92 Å². The number of amides is 4. The van der Waals surface area contributed by atoms with E-state index in [2.05, 4.69) is 61.9 Å². The van der Waals surface area contributed by atoms with E-state index >= 15 is 4.39 Å². The molecule has 0 bridgehead atoms. The number of nitrogens with one attached hydrogen (secondary N) is 2. The SMILES string of the molecule is COc1ccc(COc2c(F)cc(C(=O)NCC3CCC(n4cc5ccc(-c6cnc(N7CCN(CCCc8ccn9c(N%10CCC(=O)NC%10=O)cnc9c8)CC7)nc6)cc5n4)CC3)c(F)c2F)cc1. The third-order valence-electron chi connectivity index (χ3n) is 13.6. The number of fused-ring (bicyclic) bond motifs is 2. The highest BCUT2D eigenvalue weighted by Gasteiger charge is 2.29. The number of ether oxygens (including phenoxy) is 2. The fourth-order valence-electron chi connectivity index (χ4n) is 9.56. The van der Waals surface area contributed by atoms with Crippen LogP contribution in [0.2, 0.25) is 0 Å². The Morgan fingerprint density at radius 1 is 0.843 bits per heavy atom. The molecule has 3 aromatic carbocycles. The van der Waals surface area contributed by atoms with Crippen molar-refractivity contribution < 1.29 is 37.0 Å². The minimum Gasteiger partial charge on any atom is -0.497 e. The summed E-state index contributed by atoms with van der Waals surface area (Å²) >= 11 is 0. The number of methoxy groups -OCH3 is 1. The molecule has 2 N–H and O–H groups in total. The van der Waals surface area contributed by atoms with Crippen LogP contribution in [0, 0.1) is 23.4 Å². The van der Waals surface area contributed by atoms with E-state index in [-0.39, 0.29) is 37.4 Å². The molecule has 70 heavy (non-hydrogen) atoms. The Bertz CT molecular complexity index is 3040. The molecule has 1 aliphatic carbocycles. The molecule has 10 rings (SSSR count). The first-order valence-corrected chi connectivity index (χ1v) is 23.6. The zero-order chi connectivity index (χ0) is 48.3. The number of nitrogens with zero attached hydrogens (tertiary/aromatic N) is 9. The molecule has 2 aliphatic heterocycles. The summed E-state index contributed by atoms with van der Waals surface area (Å²) in [4.78, 5) is 57.1. The van der Waals surface area contributed by atoms with Crippen LogP contribution in [-0.2, 0) is 17.8 Å². The van der Waals surface area contributed by atoms with E-state index in [1.54, 1.807) is 35.4 Å². The maximum absolute atomic E-state index is 15.0. The molecule has 0 unspecified atom stereocenters. The van der Waals surface area contributed by atoms with Crippen LogP contribution in [0.5, 0.6) is 11.5 Å². The van der Waals surface area contributed by atoms with Gasteiger partial charge in [-0.2, -0.15) is 9.49 Å². The number of hydrogen-bond donors (Lipinski definition) is 2. The molecule has 0 spiro atoms. The topological polar surface area (TPSA) is 164 Å². The normalized spacial score (nSPS) is 17.8. The summed E-state index contributed by atoms with van der Waals surface area (Å²) in [6.07, 6.45) is 14.8. The number of benzene rings is 3. The molecule has 16 nitrogen and oxygen atoms in total. The van der Waals surface area contributed by atoms with Gasteiger partial charge in [-0.25, -0.2) is 28.5 Å². The quantitative estimate of drug-likeness (QED) is 0.0978. The van der Waals surface area contributed by atoms with Gasteiger partial charge in [-0.3, -0.25) is 33.8 Å². The van der Waals surface area contributed by atoms with Crippen molar-refractivity contribution in [3.63, 3.8) is 0 Å². The number of pyridine rings is 1. The van der Waals surface area contributed by atoms with Gasteiger partial charge in [0.25, 0.3) is 5.91 Å². The lowest BCUT2D eigenvalue weighted by Gasteiger charge is -2.34. The van der Waals surface area contributed by atoms with Crippen molar-refractivity contribution in [3.8, 4) is 22.6 Å². The molecule has 362 valence electrons. The second-order valence-electron chi connectivity index (χ2n) is 18.1. The van der Waals surface area contributed by atoms with Crippen molar-refractivity contribution in [1.82, 2.24) is 44.7 Å². The lowest BCUT2D eigenvalue weighted by molar-refractivity contribution is -0.120. The Morgan fingerprint density at radius 3 is 2.39 bits per heavy atom. The van der Waals surface area contributed by atoms with Gasteiger partial charge < -0.3 is 19.7 Å². The Balaban J connectivity index is 0.663. The van der Waals surface area contributed by atoms with Gasteiger partial charge in [-0.1, -0.05) is 24.3 Å². The average molecular weight is 956 g/mol. The van der Waals surface area contributed by atoms with Crippen LogP contribution >= 0.6 is 0 Å². The van der Waals surface area contributed by atoms with E-state index < -0.39 is 40.7 Å². The number of hydrogen-bond acceptors (Lipinski definition) is 11. The summed E-state index contributed by atoms with van der Waals surface area (Å²) in [5, 5.41) is 11.0. The number of piperazine rings is 1. The summed E-state index contributed by atoms with van der Waals surface area (Å²) in [5.41, 5.74) is 4.57. The van der Waals surface area contributed by atoms with Crippen molar-refractivity contribution in [2.75, 3.05) is 62.7 Å². The number of halogens is 3. The maximum Gasteiger partial charge on any atom is 0.329 e. The van der Waals surface area contributed by atoms with Crippen LogP contribution in [-0.4, -0.2) is 105 Å². The number of rotatable bonds is 15. The Labute approximate surface area is 401 Å². The zero-order valence-corrected chi connectivity index (χ0v) is 38.6. The van der Waals surface area contributed by atoms with Crippen LogP contribution < -0.4 is 29.9 Å². The minimum absolute atomic E-state index is 0.112. The van der Waals surface area contributed by atoms with E-state index in [0.717, 1.165) is 98.9 Å². The summed E-state index contributed by atoms with van der Waals surface area (Å²) in [6, 6.07) is 17.4. The average Bonchev–Trinajstić information content (AvgIpc) is 4.01. The fraction of sp³-hybridized carbons (Fsp3) is 0.353.